The molecule has 0 saturated carbocycles. The zero-order valence-corrected chi connectivity index (χ0v) is 10.3. The number of hydrogen-bond donors (Lipinski definition) is 1. The Bertz CT molecular complexity index is 624. The van der Waals surface area contributed by atoms with Gasteiger partial charge in [-0.05, 0) is 12.1 Å². The summed E-state index contributed by atoms with van der Waals surface area (Å²) in [4.78, 5) is 3.31. The summed E-state index contributed by atoms with van der Waals surface area (Å²) in [6.07, 6.45) is 0. The molecule has 0 fully saturated rings. The van der Waals surface area contributed by atoms with Crippen molar-refractivity contribution >= 4 is 56.5 Å². The zero-order valence-electron chi connectivity index (χ0n) is 10.1. The maximum Gasteiger partial charge on any atom is 2.00 e. The second-order valence-electron chi connectivity index (χ2n) is 3.33. The van der Waals surface area contributed by atoms with Gasteiger partial charge in [-0.3, -0.25) is 0 Å². The van der Waals surface area contributed by atoms with Crippen LogP contribution >= 0.6 is 11.6 Å². The van der Waals surface area contributed by atoms with Crippen LogP contribution in [0, 0.1) is 0 Å². The first-order chi connectivity index (χ1) is 6.86. The number of nitrogens with one attached hydrogen (secondary N) is 1. The Labute approximate surface area is 112 Å². The smallest absolute Gasteiger partial charge is 1.00 e. The summed E-state index contributed by atoms with van der Waals surface area (Å²) in [6.45, 7) is 0. The van der Waals surface area contributed by atoms with Crippen LogP contribution in [0.25, 0.3) is 21.8 Å². The van der Waals surface area contributed by atoms with Gasteiger partial charge in [0.2, 0.25) is 0 Å². The van der Waals surface area contributed by atoms with Crippen LogP contribution in [0.2, 0.25) is 5.02 Å². The average Bonchev–Trinajstić information content (AvgIpc) is 2.59. The molecule has 72 valence electrons. The summed E-state index contributed by atoms with van der Waals surface area (Å²) in [5, 5.41) is 3.19. The van der Waals surface area contributed by atoms with Crippen LogP contribution in [0.4, 0.5) is 0 Å². The number of hydrogen-bond acceptors (Lipinski definition) is 0. The Balaban J connectivity index is 0.000000853. The Morgan fingerprint density at radius 1 is 0.933 bits per heavy atom. The number of halogens is 1. The normalized spacial score (nSPS) is 10.5. The van der Waals surface area contributed by atoms with Crippen LogP contribution in [0.15, 0.2) is 42.5 Å². The Kier molecular flexibility index (Phi) is 2.91. The van der Waals surface area contributed by atoms with E-state index in [0.717, 1.165) is 16.1 Å². The van der Waals surface area contributed by atoms with Gasteiger partial charge in [-0.2, -0.15) is 0 Å². The standard InChI is InChI=1S/C12H8ClN.Mg.2H/c13-10-6-3-5-9-8-4-1-2-7-11(8)14-12(9)10;;;/h1-7,14H;;;/q;+2;2*-1. The van der Waals surface area contributed by atoms with Crippen molar-refractivity contribution in [3.63, 3.8) is 0 Å². The maximum absolute atomic E-state index is 6.10. The molecule has 1 nitrogen and oxygen atoms in total. The van der Waals surface area contributed by atoms with E-state index >= 15 is 0 Å². The molecule has 1 aromatic heterocycles. The fourth-order valence-electron chi connectivity index (χ4n) is 1.84. The van der Waals surface area contributed by atoms with Gasteiger partial charge in [-0.25, -0.2) is 0 Å². The molecule has 0 aliphatic heterocycles. The second kappa shape index (κ2) is 4.04. The number of aromatic amines is 1. The minimum atomic E-state index is 0. The summed E-state index contributed by atoms with van der Waals surface area (Å²) in [5.74, 6) is 0. The summed E-state index contributed by atoms with van der Waals surface area (Å²) in [7, 11) is 0. The molecule has 3 aromatic rings. The van der Waals surface area contributed by atoms with E-state index in [4.69, 9.17) is 11.6 Å². The van der Waals surface area contributed by atoms with E-state index in [1.54, 1.807) is 0 Å². The molecule has 3 heteroatoms. The van der Waals surface area contributed by atoms with E-state index in [1.807, 2.05) is 24.3 Å². The largest absolute Gasteiger partial charge is 2.00 e. The van der Waals surface area contributed by atoms with Crippen molar-refractivity contribution < 1.29 is 2.85 Å². The van der Waals surface area contributed by atoms with E-state index in [1.165, 1.54) is 10.8 Å². The van der Waals surface area contributed by atoms with E-state index < -0.39 is 0 Å². The molecule has 0 radical (unpaired) electrons. The van der Waals surface area contributed by atoms with Crippen molar-refractivity contribution in [2.45, 2.75) is 0 Å². The van der Waals surface area contributed by atoms with E-state index in [9.17, 15) is 0 Å². The molecule has 0 saturated heterocycles. The predicted octanol–water partition coefficient (Wildman–Crippen LogP) is 3.82. The zero-order chi connectivity index (χ0) is 9.54. The third kappa shape index (κ3) is 1.63. The van der Waals surface area contributed by atoms with Gasteiger partial charge in [-0.15, -0.1) is 0 Å². The molecule has 3 rings (SSSR count). The number of fused-ring (bicyclic) bond motifs is 3. The minimum Gasteiger partial charge on any atom is -1.00 e. The van der Waals surface area contributed by atoms with Crippen LogP contribution in [0.5, 0.6) is 0 Å². The molecule has 0 bridgehead atoms. The van der Waals surface area contributed by atoms with Crippen LogP contribution < -0.4 is 0 Å². The summed E-state index contributed by atoms with van der Waals surface area (Å²) < 4.78 is 0. The van der Waals surface area contributed by atoms with E-state index in [-0.39, 0.29) is 25.9 Å². The van der Waals surface area contributed by atoms with E-state index in [2.05, 4.69) is 23.2 Å². The molecular formula is C12H10ClMgN. The van der Waals surface area contributed by atoms with E-state index in [0.29, 0.717) is 0 Å². The minimum absolute atomic E-state index is 0. The number of H-pyrrole nitrogens is 1. The molecule has 0 aliphatic carbocycles. The van der Waals surface area contributed by atoms with Crippen molar-refractivity contribution in [2.75, 3.05) is 0 Å². The fraction of sp³-hybridized carbons (Fsp3) is 0. The number of aromatic nitrogens is 1. The predicted molar refractivity (Wildman–Crippen MR) is 68.8 cm³/mol. The van der Waals surface area contributed by atoms with Crippen molar-refractivity contribution in [1.82, 2.24) is 4.98 Å². The molecule has 0 atom stereocenters. The molecule has 15 heavy (non-hydrogen) atoms. The number of para-hydroxylation sites is 2. The molecule has 0 amide bonds. The summed E-state index contributed by atoms with van der Waals surface area (Å²) in [6, 6.07) is 14.2. The molecule has 0 unspecified atom stereocenters. The van der Waals surface area contributed by atoms with Gasteiger partial charge < -0.3 is 7.84 Å². The van der Waals surface area contributed by atoms with Crippen molar-refractivity contribution in [3.8, 4) is 0 Å². The van der Waals surface area contributed by atoms with Crippen LogP contribution in [-0.2, 0) is 0 Å². The monoisotopic (exact) mass is 227 g/mol. The third-order valence-electron chi connectivity index (χ3n) is 2.49. The second-order valence-corrected chi connectivity index (χ2v) is 3.74. The fourth-order valence-corrected chi connectivity index (χ4v) is 2.06. The van der Waals surface area contributed by atoms with Crippen LogP contribution in [-0.4, -0.2) is 28.0 Å². The van der Waals surface area contributed by atoms with Gasteiger partial charge in [0.15, 0.2) is 0 Å². The average molecular weight is 228 g/mol. The molecule has 1 heterocycles. The van der Waals surface area contributed by atoms with Crippen LogP contribution in [0.3, 0.4) is 0 Å². The Morgan fingerprint density at radius 3 is 2.53 bits per heavy atom. The Hall–Kier alpha value is -0.704. The van der Waals surface area contributed by atoms with Gasteiger partial charge in [0.1, 0.15) is 0 Å². The topological polar surface area (TPSA) is 15.8 Å². The van der Waals surface area contributed by atoms with Crippen molar-refractivity contribution in [1.29, 1.82) is 0 Å². The number of rotatable bonds is 0. The molecule has 1 N–H and O–H groups in total. The van der Waals surface area contributed by atoms with Gasteiger partial charge in [0, 0.05) is 16.3 Å². The van der Waals surface area contributed by atoms with Gasteiger partial charge >= 0.3 is 23.1 Å². The SMILES string of the molecule is Clc1cccc2c1[nH]c1ccccc12.[H-].[H-].[Mg+2]. The molecular weight excluding hydrogens is 218 g/mol. The maximum atomic E-state index is 6.10. The van der Waals surface area contributed by atoms with Crippen molar-refractivity contribution in [2.24, 2.45) is 0 Å². The first kappa shape index (κ1) is 10.8. The first-order valence-electron chi connectivity index (χ1n) is 4.51. The van der Waals surface area contributed by atoms with Crippen molar-refractivity contribution in [3.05, 3.63) is 47.5 Å². The van der Waals surface area contributed by atoms with Gasteiger partial charge in [0.05, 0.1) is 10.5 Å². The van der Waals surface area contributed by atoms with Gasteiger partial charge in [0.25, 0.3) is 0 Å². The Morgan fingerprint density at radius 2 is 1.67 bits per heavy atom. The quantitative estimate of drug-likeness (QED) is 0.563. The first-order valence-corrected chi connectivity index (χ1v) is 4.89. The summed E-state index contributed by atoms with van der Waals surface area (Å²) in [5.41, 5.74) is 2.16. The molecule has 0 spiro atoms. The summed E-state index contributed by atoms with van der Waals surface area (Å²) >= 11 is 6.10. The molecule has 0 aliphatic rings. The third-order valence-corrected chi connectivity index (χ3v) is 2.81. The van der Waals surface area contributed by atoms with Gasteiger partial charge in [-0.1, -0.05) is 41.9 Å². The number of benzene rings is 2. The van der Waals surface area contributed by atoms with Crippen LogP contribution in [0.1, 0.15) is 2.85 Å². The molecule has 2 aromatic carbocycles.